The molecule has 0 radical (unpaired) electrons. The molecule has 0 saturated heterocycles. The van der Waals surface area contributed by atoms with Gasteiger partial charge in [-0.1, -0.05) is 38.1 Å². The zero-order valence-electron chi connectivity index (χ0n) is 21.4. The van der Waals surface area contributed by atoms with Gasteiger partial charge in [-0.15, -0.1) is 0 Å². The van der Waals surface area contributed by atoms with Crippen molar-refractivity contribution in [1.29, 1.82) is 5.26 Å². The number of ether oxygens (including phenoxy) is 1. The lowest BCUT2D eigenvalue weighted by Gasteiger charge is -2.19. The van der Waals surface area contributed by atoms with Crippen LogP contribution in [0.2, 0.25) is 0 Å². The van der Waals surface area contributed by atoms with Crippen molar-refractivity contribution < 1.29 is 19.4 Å². The largest absolute Gasteiger partial charge is 0.395 e. The highest BCUT2D eigenvalue weighted by Gasteiger charge is 2.14. The lowest BCUT2D eigenvalue weighted by molar-refractivity contribution is -0.120. The van der Waals surface area contributed by atoms with E-state index in [-0.39, 0.29) is 13.2 Å². The Morgan fingerprint density at radius 1 is 1.36 bits per heavy atom. The number of nitrogens with zero attached hydrogens (tertiary/aromatic N) is 5. The van der Waals surface area contributed by atoms with Crippen LogP contribution in [0, 0.1) is 17.2 Å². The van der Waals surface area contributed by atoms with Gasteiger partial charge < -0.3 is 25.4 Å². The number of aliphatic hydroxyl groups excluding tert-OH is 1. The fourth-order valence-corrected chi connectivity index (χ4v) is 2.76. The molecule has 198 valence electrons. The van der Waals surface area contributed by atoms with E-state index >= 15 is 0 Å². The second-order valence-electron chi connectivity index (χ2n) is 7.31. The number of rotatable bonds is 10. The summed E-state index contributed by atoms with van der Waals surface area (Å²) in [5, 5.41) is 19.2. The molecule has 0 bridgehead atoms. The van der Waals surface area contributed by atoms with Gasteiger partial charge in [-0.2, -0.15) is 5.26 Å². The molecule has 11 nitrogen and oxygen atoms in total. The third-order valence-electron chi connectivity index (χ3n) is 4.82. The average molecular weight is 502 g/mol. The third kappa shape index (κ3) is 15.3. The van der Waals surface area contributed by atoms with Crippen LogP contribution in [-0.2, 0) is 14.3 Å². The molecule has 0 saturated carbocycles. The number of benzene rings is 1. The molecule has 2 rings (SSSR count). The Morgan fingerprint density at radius 2 is 2.06 bits per heavy atom. The molecule has 0 fully saturated rings. The molecular formula is C25H39N7O4. The first kappa shape index (κ1) is 32.4. The monoisotopic (exact) mass is 501 g/mol. The fraction of sp³-hybridized carbons (Fsp3) is 0.480. The Bertz CT molecular complexity index is 850. The van der Waals surface area contributed by atoms with Crippen LogP contribution in [-0.4, -0.2) is 92.6 Å². The normalized spacial score (nSPS) is 15.4. The van der Waals surface area contributed by atoms with Crippen molar-refractivity contribution in [3.63, 3.8) is 0 Å². The molecule has 11 heteroatoms. The van der Waals surface area contributed by atoms with Crippen molar-refractivity contribution in [3.8, 4) is 6.07 Å². The summed E-state index contributed by atoms with van der Waals surface area (Å²) in [5.41, 5.74) is 5.97. The molecule has 0 aromatic heterocycles. The van der Waals surface area contributed by atoms with E-state index in [0.717, 1.165) is 26.1 Å². The second-order valence-corrected chi connectivity index (χ2v) is 7.31. The predicted molar refractivity (Wildman–Crippen MR) is 141 cm³/mol. The van der Waals surface area contributed by atoms with Crippen LogP contribution in [0.15, 0.2) is 52.6 Å². The van der Waals surface area contributed by atoms with Crippen LogP contribution in [0.5, 0.6) is 0 Å². The molecule has 1 unspecified atom stereocenters. The molecule has 0 aliphatic carbocycles. The Labute approximate surface area is 214 Å². The number of hydrogen-bond acceptors (Lipinski definition) is 9. The number of amides is 2. The van der Waals surface area contributed by atoms with Gasteiger partial charge in [0.25, 0.3) is 0 Å². The predicted octanol–water partition coefficient (Wildman–Crippen LogP) is 0.963. The summed E-state index contributed by atoms with van der Waals surface area (Å²) in [6.07, 6.45) is 5.82. The number of likely N-dealkylation sites (N-methyl/N-ethyl adjacent to an activating group) is 1. The van der Waals surface area contributed by atoms with Gasteiger partial charge in [-0.3, -0.25) is 19.9 Å². The van der Waals surface area contributed by atoms with Crippen molar-refractivity contribution in [2.24, 2.45) is 21.6 Å². The lowest BCUT2D eigenvalue weighted by Crippen LogP contribution is -2.40. The maximum absolute atomic E-state index is 11.2. The van der Waals surface area contributed by atoms with Crippen LogP contribution in [0.25, 0.3) is 0 Å². The highest BCUT2D eigenvalue weighted by Crippen LogP contribution is 2.03. The van der Waals surface area contributed by atoms with Crippen LogP contribution in [0.1, 0.15) is 25.8 Å². The zero-order valence-corrected chi connectivity index (χ0v) is 21.4. The number of methoxy groups -OCH3 is 1. The second kappa shape index (κ2) is 21.9. The SMILES string of the molecule is CCN(CC)CCO.COCCCN1C=NCC(C(N)=O)/C=C/N=C1NC=O.N#Cc1ccccc1. The first-order chi connectivity index (χ1) is 17.5. The third-order valence-corrected chi connectivity index (χ3v) is 4.82. The summed E-state index contributed by atoms with van der Waals surface area (Å²) in [4.78, 5) is 33.9. The molecule has 1 aromatic carbocycles. The smallest absolute Gasteiger partial charge is 0.226 e. The number of nitrogens with two attached hydrogens (primary N) is 1. The number of guanidine groups is 1. The lowest BCUT2D eigenvalue weighted by atomic mass is 10.1. The molecule has 0 spiro atoms. The van der Waals surface area contributed by atoms with E-state index in [1.165, 1.54) is 12.5 Å². The average Bonchev–Trinajstić information content (AvgIpc) is 3.00. The van der Waals surface area contributed by atoms with E-state index < -0.39 is 11.8 Å². The zero-order chi connectivity index (χ0) is 27.0. The van der Waals surface area contributed by atoms with Gasteiger partial charge >= 0.3 is 0 Å². The number of hydrogen-bond donors (Lipinski definition) is 3. The highest BCUT2D eigenvalue weighted by atomic mass is 16.5. The van der Waals surface area contributed by atoms with Crippen molar-refractivity contribution in [2.75, 3.05) is 53.0 Å². The minimum atomic E-state index is -0.508. The molecule has 1 atom stereocenters. The molecule has 36 heavy (non-hydrogen) atoms. The molecule has 1 aromatic rings. The van der Waals surface area contributed by atoms with Crippen molar-refractivity contribution in [1.82, 2.24) is 15.1 Å². The Kier molecular flexibility index (Phi) is 19.7. The molecular weight excluding hydrogens is 462 g/mol. The quantitative estimate of drug-likeness (QED) is 0.318. The maximum Gasteiger partial charge on any atom is 0.226 e. The summed E-state index contributed by atoms with van der Waals surface area (Å²) in [6, 6.07) is 11.2. The number of carbonyl (C=O) groups is 2. The minimum absolute atomic E-state index is 0.247. The van der Waals surface area contributed by atoms with Gasteiger partial charge in [0, 0.05) is 33.0 Å². The summed E-state index contributed by atoms with van der Waals surface area (Å²) in [5.74, 6) is -0.640. The van der Waals surface area contributed by atoms with E-state index in [9.17, 15) is 9.59 Å². The van der Waals surface area contributed by atoms with E-state index in [1.807, 2.05) is 24.3 Å². The van der Waals surface area contributed by atoms with Crippen molar-refractivity contribution in [2.45, 2.75) is 20.3 Å². The van der Waals surface area contributed by atoms with Gasteiger partial charge in [-0.05, 0) is 31.6 Å². The number of primary amides is 1. The summed E-state index contributed by atoms with van der Waals surface area (Å²) in [7, 11) is 1.62. The first-order valence-corrected chi connectivity index (χ1v) is 11.7. The van der Waals surface area contributed by atoms with E-state index in [1.54, 1.807) is 30.2 Å². The number of aliphatic imine (C=N–C) groups is 2. The van der Waals surface area contributed by atoms with Gasteiger partial charge in [0.1, 0.15) is 0 Å². The van der Waals surface area contributed by atoms with Crippen molar-refractivity contribution in [3.05, 3.63) is 48.2 Å². The van der Waals surface area contributed by atoms with E-state index in [4.69, 9.17) is 20.8 Å². The van der Waals surface area contributed by atoms with Crippen LogP contribution in [0.4, 0.5) is 0 Å². The Morgan fingerprint density at radius 3 is 2.53 bits per heavy atom. The number of nitriles is 1. The topological polar surface area (TPSA) is 157 Å². The van der Waals surface area contributed by atoms with Gasteiger partial charge in [0.15, 0.2) is 0 Å². The molecule has 1 heterocycles. The maximum atomic E-state index is 11.2. The van der Waals surface area contributed by atoms with Gasteiger partial charge in [0.2, 0.25) is 18.3 Å². The number of carbonyl (C=O) groups excluding carboxylic acids is 2. The highest BCUT2D eigenvalue weighted by molar-refractivity contribution is 5.96. The summed E-state index contributed by atoms with van der Waals surface area (Å²) >= 11 is 0. The first-order valence-electron chi connectivity index (χ1n) is 11.7. The minimum Gasteiger partial charge on any atom is -0.395 e. The fourth-order valence-electron chi connectivity index (χ4n) is 2.76. The van der Waals surface area contributed by atoms with E-state index in [0.29, 0.717) is 31.1 Å². The van der Waals surface area contributed by atoms with E-state index in [2.05, 4.69) is 34.0 Å². The number of nitrogens with one attached hydrogen (secondary N) is 1. The Hall–Kier alpha value is -3.59. The molecule has 1 aliphatic rings. The molecule has 1 aliphatic heterocycles. The summed E-state index contributed by atoms with van der Waals surface area (Å²) in [6.45, 7) is 8.77. The summed E-state index contributed by atoms with van der Waals surface area (Å²) < 4.78 is 4.98. The van der Waals surface area contributed by atoms with Crippen LogP contribution < -0.4 is 11.1 Å². The van der Waals surface area contributed by atoms with Crippen LogP contribution >= 0.6 is 0 Å². The van der Waals surface area contributed by atoms with Gasteiger partial charge in [0.05, 0.1) is 37.0 Å². The van der Waals surface area contributed by atoms with Crippen molar-refractivity contribution >= 4 is 24.6 Å². The van der Waals surface area contributed by atoms with Gasteiger partial charge in [-0.25, -0.2) is 4.99 Å². The standard InChI is InChI=1S/C12H19N5O3.C7H5N.C6H15NO/c1-20-6-2-5-17-8-14-7-10(11(13)19)3-4-15-12(17)16-9-18;8-6-7-4-2-1-3-5-7;1-3-7(4-2)5-6-8/h3-4,8-10H,2,5-7H2,1H3,(H2,13,19)(H,15,16,18);1-5H;8H,3-6H2,1-2H3/b4-3+,14-8?;;. The Balaban J connectivity index is 0.000000625. The molecule has 4 N–H and O–H groups in total. The van der Waals surface area contributed by atoms with Crippen LogP contribution in [0.3, 0.4) is 0 Å². The number of aliphatic hydroxyl groups is 1. The molecule has 2 amide bonds.